The van der Waals surface area contributed by atoms with Gasteiger partial charge in [0.15, 0.2) is 5.65 Å². The summed E-state index contributed by atoms with van der Waals surface area (Å²) in [5, 5.41) is 7.68. The second-order valence-corrected chi connectivity index (χ2v) is 5.18. The van der Waals surface area contributed by atoms with E-state index in [1.807, 2.05) is 18.2 Å². The Balaban J connectivity index is 1.74. The molecule has 0 atom stereocenters. The van der Waals surface area contributed by atoms with Gasteiger partial charge in [-0.05, 0) is 43.2 Å². The summed E-state index contributed by atoms with van der Waals surface area (Å²) in [5.41, 5.74) is 4.09. The molecule has 0 spiro atoms. The Bertz CT molecular complexity index is 832. The van der Waals surface area contributed by atoms with Crippen LogP contribution in [0.2, 0.25) is 0 Å². The molecule has 3 rings (SSSR count). The van der Waals surface area contributed by atoms with Gasteiger partial charge in [-0.15, -0.1) is 5.10 Å². The van der Waals surface area contributed by atoms with Crippen molar-refractivity contribution in [1.29, 1.82) is 0 Å². The van der Waals surface area contributed by atoms with Crippen molar-refractivity contribution in [2.24, 2.45) is 0 Å². The van der Waals surface area contributed by atoms with Crippen LogP contribution in [0.3, 0.4) is 0 Å². The van der Waals surface area contributed by atoms with E-state index < -0.39 is 0 Å². The average molecular weight is 282 g/mol. The van der Waals surface area contributed by atoms with Gasteiger partial charge in [-0.1, -0.05) is 18.2 Å². The lowest BCUT2D eigenvalue weighted by molar-refractivity contribution is 0.614. The van der Waals surface area contributed by atoms with Gasteiger partial charge in [0, 0.05) is 18.4 Å². The molecule has 21 heavy (non-hydrogen) atoms. The molecule has 0 fully saturated rings. The fourth-order valence-corrected chi connectivity index (χ4v) is 2.34. The molecule has 1 aromatic carbocycles. The number of anilines is 1. The minimum absolute atomic E-state index is 0.103. The minimum Gasteiger partial charge on any atom is -0.383 e. The molecule has 0 amide bonds. The molecule has 3 aromatic rings. The van der Waals surface area contributed by atoms with Gasteiger partial charge in [0.2, 0.25) is 0 Å². The number of hydrogen-bond donors (Lipinski definition) is 1. The molecule has 0 radical (unpaired) electrons. The number of nitrogens with zero attached hydrogens (tertiary/aromatic N) is 3. The zero-order chi connectivity index (χ0) is 14.8. The molecule has 0 saturated carbocycles. The molecule has 1 N–H and O–H groups in total. The molecule has 0 aliphatic heterocycles. The van der Waals surface area contributed by atoms with Crippen LogP contribution in [0.1, 0.15) is 11.1 Å². The van der Waals surface area contributed by atoms with E-state index in [2.05, 4.69) is 42.5 Å². The largest absolute Gasteiger partial charge is 0.383 e. The maximum atomic E-state index is 12.1. The lowest BCUT2D eigenvalue weighted by Crippen LogP contribution is -2.24. The summed E-state index contributed by atoms with van der Waals surface area (Å²) in [7, 11) is 0. The summed E-state index contributed by atoms with van der Waals surface area (Å²) in [6.07, 6.45) is 1.74. The summed E-state index contributed by atoms with van der Waals surface area (Å²) in [5.74, 6) is 0. The van der Waals surface area contributed by atoms with Gasteiger partial charge in [-0.25, -0.2) is 9.48 Å². The number of pyridine rings is 1. The van der Waals surface area contributed by atoms with Gasteiger partial charge in [0.05, 0.1) is 6.54 Å². The van der Waals surface area contributed by atoms with Gasteiger partial charge >= 0.3 is 5.69 Å². The van der Waals surface area contributed by atoms with Gasteiger partial charge in [0.1, 0.15) is 0 Å². The quantitative estimate of drug-likeness (QED) is 0.798. The topological polar surface area (TPSA) is 51.3 Å². The number of nitrogens with one attached hydrogen (secondary N) is 1. The maximum Gasteiger partial charge on any atom is 0.350 e. The summed E-state index contributed by atoms with van der Waals surface area (Å²) >= 11 is 0. The molecule has 0 saturated heterocycles. The van der Waals surface area contributed by atoms with Crippen LogP contribution in [-0.2, 0) is 6.54 Å². The van der Waals surface area contributed by atoms with Crippen molar-refractivity contribution in [3.63, 3.8) is 0 Å². The monoisotopic (exact) mass is 282 g/mol. The fourth-order valence-electron chi connectivity index (χ4n) is 2.34. The normalized spacial score (nSPS) is 11.0. The third-order valence-corrected chi connectivity index (χ3v) is 3.52. The number of fused-ring (bicyclic) bond motifs is 1. The Kier molecular flexibility index (Phi) is 3.48. The molecule has 2 heterocycles. The van der Waals surface area contributed by atoms with Gasteiger partial charge in [-0.2, -0.15) is 0 Å². The van der Waals surface area contributed by atoms with Crippen LogP contribution in [0.4, 0.5) is 5.69 Å². The molecule has 5 nitrogen and oxygen atoms in total. The van der Waals surface area contributed by atoms with Crippen LogP contribution < -0.4 is 11.0 Å². The predicted molar refractivity (Wildman–Crippen MR) is 83.9 cm³/mol. The van der Waals surface area contributed by atoms with Crippen LogP contribution in [0.15, 0.2) is 47.4 Å². The smallest absolute Gasteiger partial charge is 0.350 e. The highest BCUT2D eigenvalue weighted by Crippen LogP contribution is 2.15. The highest BCUT2D eigenvalue weighted by Gasteiger charge is 2.05. The second-order valence-electron chi connectivity index (χ2n) is 5.18. The lowest BCUT2D eigenvalue weighted by atomic mass is 10.1. The van der Waals surface area contributed by atoms with E-state index in [4.69, 9.17) is 0 Å². The van der Waals surface area contributed by atoms with E-state index in [9.17, 15) is 4.79 Å². The first-order valence-corrected chi connectivity index (χ1v) is 7.00. The number of rotatable bonds is 4. The van der Waals surface area contributed by atoms with Crippen LogP contribution >= 0.6 is 0 Å². The van der Waals surface area contributed by atoms with E-state index in [1.165, 1.54) is 15.8 Å². The van der Waals surface area contributed by atoms with E-state index in [0.717, 1.165) is 5.69 Å². The molecule has 0 aliphatic rings. The predicted octanol–water partition coefficient (Wildman–Crippen LogP) is 2.22. The SMILES string of the molecule is Cc1ccc(C)c(NCCn2nc3ccccn3c2=O)c1. The van der Waals surface area contributed by atoms with Crippen molar-refractivity contribution in [3.8, 4) is 0 Å². The molecule has 108 valence electrons. The van der Waals surface area contributed by atoms with Gasteiger partial charge in [0.25, 0.3) is 0 Å². The molecular formula is C16H18N4O. The minimum atomic E-state index is -0.103. The standard InChI is InChI=1S/C16H18N4O/c1-12-6-7-13(2)14(11-12)17-8-10-20-16(21)19-9-4-3-5-15(19)18-20/h3-7,9,11,17H,8,10H2,1-2H3. The number of aryl methyl sites for hydroxylation is 2. The summed E-state index contributed by atoms with van der Waals surface area (Å²) in [6, 6.07) is 11.8. The number of hydrogen-bond acceptors (Lipinski definition) is 3. The Morgan fingerprint density at radius 1 is 1.19 bits per heavy atom. The Morgan fingerprint density at radius 2 is 2.05 bits per heavy atom. The Morgan fingerprint density at radius 3 is 2.86 bits per heavy atom. The van der Waals surface area contributed by atoms with Crippen LogP contribution in [-0.4, -0.2) is 20.7 Å². The Hall–Kier alpha value is -2.56. The first-order valence-electron chi connectivity index (χ1n) is 7.00. The van der Waals surface area contributed by atoms with Crippen molar-refractivity contribution in [2.45, 2.75) is 20.4 Å². The molecule has 2 aromatic heterocycles. The van der Waals surface area contributed by atoms with E-state index in [1.54, 1.807) is 10.6 Å². The molecule has 0 bridgehead atoms. The lowest BCUT2D eigenvalue weighted by Gasteiger charge is -2.10. The fraction of sp³-hybridized carbons (Fsp3) is 0.250. The third kappa shape index (κ3) is 2.67. The first kappa shape index (κ1) is 13.4. The average Bonchev–Trinajstić information content (AvgIpc) is 2.80. The Labute approximate surface area is 122 Å². The summed E-state index contributed by atoms with van der Waals surface area (Å²) in [6.45, 7) is 5.33. The van der Waals surface area contributed by atoms with E-state index >= 15 is 0 Å². The zero-order valence-corrected chi connectivity index (χ0v) is 12.2. The second kappa shape index (κ2) is 5.44. The van der Waals surface area contributed by atoms with Crippen molar-refractivity contribution >= 4 is 11.3 Å². The van der Waals surface area contributed by atoms with E-state index in [0.29, 0.717) is 18.7 Å². The zero-order valence-electron chi connectivity index (χ0n) is 12.2. The highest BCUT2D eigenvalue weighted by molar-refractivity contribution is 5.52. The molecular weight excluding hydrogens is 264 g/mol. The number of benzene rings is 1. The number of aromatic nitrogens is 3. The van der Waals surface area contributed by atoms with Crippen molar-refractivity contribution < 1.29 is 0 Å². The maximum absolute atomic E-state index is 12.1. The van der Waals surface area contributed by atoms with Crippen LogP contribution in [0.5, 0.6) is 0 Å². The van der Waals surface area contributed by atoms with Crippen LogP contribution in [0, 0.1) is 13.8 Å². The molecule has 5 heteroatoms. The van der Waals surface area contributed by atoms with Crippen LogP contribution in [0.25, 0.3) is 5.65 Å². The van der Waals surface area contributed by atoms with Gasteiger partial charge in [-0.3, -0.25) is 4.40 Å². The van der Waals surface area contributed by atoms with Crippen molar-refractivity contribution in [1.82, 2.24) is 14.2 Å². The third-order valence-electron chi connectivity index (χ3n) is 3.52. The summed E-state index contributed by atoms with van der Waals surface area (Å²) in [4.78, 5) is 12.1. The summed E-state index contributed by atoms with van der Waals surface area (Å²) < 4.78 is 3.05. The van der Waals surface area contributed by atoms with Gasteiger partial charge < -0.3 is 5.32 Å². The van der Waals surface area contributed by atoms with E-state index in [-0.39, 0.29) is 5.69 Å². The first-order chi connectivity index (χ1) is 10.1. The molecule has 0 aliphatic carbocycles. The van der Waals surface area contributed by atoms with Crippen molar-refractivity contribution in [2.75, 3.05) is 11.9 Å². The van der Waals surface area contributed by atoms with Crippen molar-refractivity contribution in [3.05, 3.63) is 64.2 Å². The molecule has 0 unspecified atom stereocenters. The highest BCUT2D eigenvalue weighted by atomic mass is 16.2.